The fourth-order valence-corrected chi connectivity index (χ4v) is 2.62. The molecule has 0 saturated carbocycles. The predicted octanol–water partition coefficient (Wildman–Crippen LogP) is 1.39. The monoisotopic (exact) mass is 260 g/mol. The summed E-state index contributed by atoms with van der Waals surface area (Å²) in [4.78, 5) is 24.2. The minimum Gasteiger partial charge on any atom is -0.480 e. The summed E-state index contributed by atoms with van der Waals surface area (Å²) in [5.41, 5.74) is -1.19. The molecule has 0 spiro atoms. The summed E-state index contributed by atoms with van der Waals surface area (Å²) in [6, 6.07) is -0.134. The molecule has 1 fully saturated rings. The van der Waals surface area contributed by atoms with Crippen LogP contribution >= 0.6 is 11.8 Å². The molecular formula is C11H20N2O3S. The number of carboxylic acids is 1. The van der Waals surface area contributed by atoms with E-state index >= 15 is 0 Å². The van der Waals surface area contributed by atoms with Crippen LogP contribution in [0.25, 0.3) is 0 Å². The number of thioether (sulfide) groups is 1. The predicted molar refractivity (Wildman–Crippen MR) is 68.4 cm³/mol. The zero-order valence-electron chi connectivity index (χ0n) is 10.5. The molecule has 0 atom stereocenters. The molecular weight excluding hydrogens is 240 g/mol. The van der Waals surface area contributed by atoms with E-state index in [-0.39, 0.29) is 12.1 Å². The zero-order valence-corrected chi connectivity index (χ0v) is 11.3. The van der Waals surface area contributed by atoms with Crippen molar-refractivity contribution in [3.63, 3.8) is 0 Å². The van der Waals surface area contributed by atoms with E-state index in [9.17, 15) is 9.59 Å². The van der Waals surface area contributed by atoms with E-state index in [0.29, 0.717) is 0 Å². The van der Waals surface area contributed by atoms with Crippen molar-refractivity contribution >= 4 is 23.8 Å². The van der Waals surface area contributed by atoms with Crippen LogP contribution < -0.4 is 5.32 Å². The van der Waals surface area contributed by atoms with E-state index < -0.39 is 11.5 Å². The third kappa shape index (κ3) is 3.52. The summed E-state index contributed by atoms with van der Waals surface area (Å²) in [6.07, 6.45) is 1.91. The standard InChI is InChI=1S/C11H20N2O3S/c1-11(2,9(14)15)13(3)10(16)12-8-4-6-17-7-5-8/h8H,4-7H2,1-3H3,(H,12,16)(H,14,15). The van der Waals surface area contributed by atoms with Gasteiger partial charge in [0.1, 0.15) is 5.54 Å². The second-order valence-electron chi connectivity index (χ2n) is 4.76. The highest BCUT2D eigenvalue weighted by atomic mass is 32.2. The first-order chi connectivity index (χ1) is 7.85. The lowest BCUT2D eigenvalue weighted by atomic mass is 10.0. The van der Waals surface area contributed by atoms with Gasteiger partial charge in [-0.15, -0.1) is 0 Å². The third-order valence-electron chi connectivity index (χ3n) is 3.22. The molecule has 0 aromatic carbocycles. The normalized spacial score (nSPS) is 17.6. The van der Waals surface area contributed by atoms with E-state index in [1.807, 2.05) is 11.8 Å². The van der Waals surface area contributed by atoms with Crippen LogP contribution in [0.3, 0.4) is 0 Å². The van der Waals surface area contributed by atoms with Gasteiger partial charge in [0, 0.05) is 13.1 Å². The third-order valence-corrected chi connectivity index (χ3v) is 4.26. The quantitative estimate of drug-likeness (QED) is 0.804. The fraction of sp³-hybridized carbons (Fsp3) is 0.818. The Balaban J connectivity index is 2.54. The Kier molecular flexibility index (Phi) is 4.68. The smallest absolute Gasteiger partial charge is 0.329 e. The van der Waals surface area contributed by atoms with Crippen molar-refractivity contribution in [2.75, 3.05) is 18.6 Å². The lowest BCUT2D eigenvalue weighted by Crippen LogP contribution is -2.56. The van der Waals surface area contributed by atoms with Crippen molar-refractivity contribution in [2.45, 2.75) is 38.3 Å². The number of urea groups is 1. The van der Waals surface area contributed by atoms with Crippen molar-refractivity contribution in [1.82, 2.24) is 10.2 Å². The van der Waals surface area contributed by atoms with Gasteiger partial charge in [-0.25, -0.2) is 9.59 Å². The molecule has 1 heterocycles. The number of rotatable bonds is 3. The zero-order chi connectivity index (χ0) is 13.1. The highest BCUT2D eigenvalue weighted by Crippen LogP contribution is 2.18. The summed E-state index contributed by atoms with van der Waals surface area (Å²) in [6.45, 7) is 3.04. The van der Waals surface area contributed by atoms with Crippen LogP contribution in [0, 0.1) is 0 Å². The van der Waals surface area contributed by atoms with Crippen LogP contribution in [0.5, 0.6) is 0 Å². The molecule has 1 aliphatic rings. The van der Waals surface area contributed by atoms with Gasteiger partial charge in [-0.3, -0.25) is 0 Å². The Hall–Kier alpha value is -0.910. The second kappa shape index (κ2) is 5.62. The Morgan fingerprint density at radius 3 is 2.35 bits per heavy atom. The summed E-state index contributed by atoms with van der Waals surface area (Å²) >= 11 is 1.89. The molecule has 98 valence electrons. The van der Waals surface area contributed by atoms with Crippen LogP contribution in [0.2, 0.25) is 0 Å². The first-order valence-corrected chi connectivity index (χ1v) is 6.86. The molecule has 0 radical (unpaired) electrons. The van der Waals surface area contributed by atoms with Gasteiger partial charge in [-0.05, 0) is 38.2 Å². The van der Waals surface area contributed by atoms with Gasteiger partial charge in [-0.1, -0.05) is 0 Å². The van der Waals surface area contributed by atoms with Crippen LogP contribution in [0.4, 0.5) is 4.79 Å². The lowest BCUT2D eigenvalue weighted by molar-refractivity contribution is -0.146. The number of hydrogen-bond acceptors (Lipinski definition) is 3. The average Bonchev–Trinajstić information content (AvgIpc) is 2.29. The molecule has 2 N–H and O–H groups in total. The Labute approximate surface area is 106 Å². The van der Waals surface area contributed by atoms with Crippen molar-refractivity contribution in [1.29, 1.82) is 0 Å². The maximum absolute atomic E-state index is 11.9. The molecule has 0 aromatic heterocycles. The molecule has 1 saturated heterocycles. The SMILES string of the molecule is CN(C(=O)NC1CCSCC1)C(C)(C)C(=O)O. The van der Waals surface area contributed by atoms with E-state index in [0.717, 1.165) is 24.3 Å². The first-order valence-electron chi connectivity index (χ1n) is 5.71. The van der Waals surface area contributed by atoms with Crippen molar-refractivity contribution in [2.24, 2.45) is 0 Å². The van der Waals surface area contributed by atoms with Crippen LogP contribution in [0.1, 0.15) is 26.7 Å². The number of amides is 2. The molecule has 0 unspecified atom stereocenters. The number of hydrogen-bond donors (Lipinski definition) is 2. The molecule has 1 rings (SSSR count). The molecule has 0 aliphatic carbocycles. The first kappa shape index (κ1) is 14.2. The minimum atomic E-state index is -1.19. The van der Waals surface area contributed by atoms with E-state index in [1.54, 1.807) is 0 Å². The molecule has 0 aromatic rings. The summed E-state index contributed by atoms with van der Waals surface area (Å²) < 4.78 is 0. The number of carbonyl (C=O) groups excluding carboxylic acids is 1. The van der Waals surface area contributed by atoms with Gasteiger partial charge in [0.25, 0.3) is 0 Å². The highest BCUT2D eigenvalue weighted by molar-refractivity contribution is 7.99. The minimum absolute atomic E-state index is 0.177. The number of carboxylic acid groups (broad SMARTS) is 1. The van der Waals surface area contributed by atoms with Gasteiger partial charge in [0.05, 0.1) is 0 Å². The molecule has 5 nitrogen and oxygen atoms in total. The molecule has 6 heteroatoms. The summed E-state index contributed by atoms with van der Waals surface area (Å²) in [7, 11) is 1.51. The van der Waals surface area contributed by atoms with Crippen LogP contribution in [0.15, 0.2) is 0 Å². The number of likely N-dealkylation sites (N-methyl/N-ethyl adjacent to an activating group) is 1. The van der Waals surface area contributed by atoms with Crippen LogP contribution in [-0.4, -0.2) is 52.1 Å². The number of nitrogens with zero attached hydrogens (tertiary/aromatic N) is 1. The van der Waals surface area contributed by atoms with Gasteiger partial charge in [0.2, 0.25) is 0 Å². The highest BCUT2D eigenvalue weighted by Gasteiger charge is 2.35. The average molecular weight is 260 g/mol. The molecule has 17 heavy (non-hydrogen) atoms. The van der Waals surface area contributed by atoms with Gasteiger partial charge in [0.15, 0.2) is 0 Å². The number of carbonyl (C=O) groups is 2. The summed E-state index contributed by atoms with van der Waals surface area (Å²) in [5.74, 6) is 1.10. The number of aliphatic carboxylic acids is 1. The Morgan fingerprint density at radius 1 is 1.35 bits per heavy atom. The maximum Gasteiger partial charge on any atom is 0.329 e. The molecule has 0 bridgehead atoms. The largest absolute Gasteiger partial charge is 0.480 e. The van der Waals surface area contributed by atoms with Gasteiger partial charge < -0.3 is 15.3 Å². The molecule has 2 amide bonds. The van der Waals surface area contributed by atoms with Gasteiger partial charge in [-0.2, -0.15) is 11.8 Å². The fourth-order valence-electron chi connectivity index (χ4n) is 1.51. The topological polar surface area (TPSA) is 69.6 Å². The van der Waals surface area contributed by atoms with Crippen molar-refractivity contribution < 1.29 is 14.7 Å². The van der Waals surface area contributed by atoms with Crippen LogP contribution in [-0.2, 0) is 4.79 Å². The van der Waals surface area contributed by atoms with E-state index in [1.165, 1.54) is 25.8 Å². The molecule has 1 aliphatic heterocycles. The Bertz CT molecular complexity index is 301. The Morgan fingerprint density at radius 2 is 1.88 bits per heavy atom. The number of nitrogens with one attached hydrogen (secondary N) is 1. The maximum atomic E-state index is 11.9. The van der Waals surface area contributed by atoms with Crippen molar-refractivity contribution in [3.05, 3.63) is 0 Å². The lowest BCUT2D eigenvalue weighted by Gasteiger charge is -2.33. The van der Waals surface area contributed by atoms with E-state index in [4.69, 9.17) is 5.11 Å². The van der Waals surface area contributed by atoms with E-state index in [2.05, 4.69) is 5.32 Å². The van der Waals surface area contributed by atoms with Crippen molar-refractivity contribution in [3.8, 4) is 0 Å². The summed E-state index contributed by atoms with van der Waals surface area (Å²) in [5, 5.41) is 11.9. The second-order valence-corrected chi connectivity index (χ2v) is 5.98. The van der Waals surface area contributed by atoms with Gasteiger partial charge >= 0.3 is 12.0 Å².